The smallest absolute Gasteiger partial charge is 0.291 e. The molecule has 2 N–H and O–H groups in total. The van der Waals surface area contributed by atoms with Crippen molar-refractivity contribution in [1.82, 2.24) is 24.9 Å². The van der Waals surface area contributed by atoms with Crippen LogP contribution in [-0.2, 0) is 12.8 Å². The minimum Gasteiger partial charge on any atom is -0.394 e. The van der Waals surface area contributed by atoms with Gasteiger partial charge in [-0.15, -0.1) is 16.4 Å². The fourth-order valence-corrected chi connectivity index (χ4v) is 4.83. The minimum atomic E-state index is -0.361. The number of carbonyl (C=O) groups excluding carboxylic acids is 1. The second-order valence-corrected chi connectivity index (χ2v) is 8.21. The number of thiophene rings is 1. The van der Waals surface area contributed by atoms with Gasteiger partial charge in [-0.3, -0.25) is 4.79 Å². The van der Waals surface area contributed by atoms with E-state index in [1.54, 1.807) is 15.9 Å². The first-order valence-corrected chi connectivity index (χ1v) is 9.92. The van der Waals surface area contributed by atoms with Crippen LogP contribution in [0, 0.1) is 12.8 Å². The lowest BCUT2D eigenvalue weighted by Gasteiger charge is -2.17. The number of rotatable bonds is 4. The lowest BCUT2D eigenvalue weighted by atomic mass is 9.89. The summed E-state index contributed by atoms with van der Waals surface area (Å²) in [7, 11) is 0. The number of carbonyl (C=O) groups is 1. The number of hydrogen-bond donors (Lipinski definition) is 2. The number of aliphatic hydroxyl groups is 1. The van der Waals surface area contributed by atoms with E-state index >= 15 is 0 Å². The van der Waals surface area contributed by atoms with Gasteiger partial charge in [0.1, 0.15) is 10.7 Å². The number of fused-ring (bicyclic) bond motifs is 5. The van der Waals surface area contributed by atoms with E-state index in [4.69, 9.17) is 4.98 Å². The number of nitrogens with one attached hydrogen (secondary N) is 1. The molecule has 3 aromatic rings. The highest BCUT2D eigenvalue weighted by molar-refractivity contribution is 7.19. The number of hydrogen-bond acceptors (Lipinski definition) is 6. The summed E-state index contributed by atoms with van der Waals surface area (Å²) in [6.45, 7) is 5.96. The maximum Gasteiger partial charge on any atom is 0.291 e. The molecule has 0 fully saturated rings. The molecular weight excluding hydrogens is 350 g/mol. The molecule has 138 valence electrons. The Bertz CT molecular complexity index is 989. The van der Waals surface area contributed by atoms with Crippen LogP contribution in [0.1, 0.15) is 53.6 Å². The van der Waals surface area contributed by atoms with Gasteiger partial charge in [-0.05, 0) is 44.1 Å². The molecule has 0 spiro atoms. The lowest BCUT2D eigenvalue weighted by Crippen LogP contribution is -2.37. The minimum absolute atomic E-state index is 0.101. The summed E-state index contributed by atoms with van der Waals surface area (Å²) >= 11 is 1.74. The molecule has 0 radical (unpaired) electrons. The Hall–Kier alpha value is -2.06. The first-order chi connectivity index (χ1) is 12.5. The van der Waals surface area contributed by atoms with Gasteiger partial charge >= 0.3 is 0 Å². The Morgan fingerprint density at radius 2 is 2.27 bits per heavy atom. The number of aromatic nitrogens is 4. The third-order valence-electron chi connectivity index (χ3n) is 5.14. The summed E-state index contributed by atoms with van der Waals surface area (Å²) in [6.07, 6.45) is 3.96. The maximum absolute atomic E-state index is 12.5. The van der Waals surface area contributed by atoms with Crippen molar-refractivity contribution in [2.45, 2.75) is 52.5 Å². The van der Waals surface area contributed by atoms with Crippen LogP contribution in [0.15, 0.2) is 0 Å². The Balaban J connectivity index is 1.84. The molecule has 3 aromatic heterocycles. The van der Waals surface area contributed by atoms with Crippen molar-refractivity contribution >= 4 is 33.1 Å². The molecule has 4 rings (SSSR count). The van der Waals surface area contributed by atoms with Crippen LogP contribution in [0.25, 0.3) is 15.9 Å². The molecule has 0 saturated heterocycles. The van der Waals surface area contributed by atoms with E-state index in [1.165, 1.54) is 16.9 Å². The van der Waals surface area contributed by atoms with Gasteiger partial charge in [0.15, 0.2) is 5.65 Å². The predicted octanol–water partition coefficient (Wildman–Crippen LogP) is 2.27. The Morgan fingerprint density at radius 1 is 1.46 bits per heavy atom. The zero-order valence-corrected chi connectivity index (χ0v) is 16.1. The first-order valence-electron chi connectivity index (χ1n) is 9.11. The Kier molecular flexibility index (Phi) is 4.40. The second kappa shape index (κ2) is 6.59. The van der Waals surface area contributed by atoms with E-state index in [2.05, 4.69) is 22.3 Å². The summed E-state index contributed by atoms with van der Waals surface area (Å²) < 4.78 is 1.67. The van der Waals surface area contributed by atoms with Crippen molar-refractivity contribution in [3.05, 3.63) is 22.1 Å². The summed E-state index contributed by atoms with van der Waals surface area (Å²) in [4.78, 5) is 24.1. The number of aryl methyl sites for hydroxylation is 2. The number of aliphatic hydroxyl groups excluding tert-OH is 1. The van der Waals surface area contributed by atoms with Crippen molar-refractivity contribution in [3.63, 3.8) is 0 Å². The van der Waals surface area contributed by atoms with Gasteiger partial charge in [-0.2, -0.15) is 4.52 Å². The zero-order valence-electron chi connectivity index (χ0n) is 15.2. The highest BCUT2D eigenvalue weighted by atomic mass is 32.1. The van der Waals surface area contributed by atoms with Crippen LogP contribution in [0.3, 0.4) is 0 Å². The van der Waals surface area contributed by atoms with E-state index in [-0.39, 0.29) is 24.4 Å². The number of amides is 1. The van der Waals surface area contributed by atoms with Gasteiger partial charge in [0.05, 0.1) is 18.0 Å². The van der Waals surface area contributed by atoms with Crippen LogP contribution in [0.2, 0.25) is 0 Å². The molecular formula is C18H23N5O2S. The molecule has 1 amide bonds. The molecule has 1 aliphatic carbocycles. The summed E-state index contributed by atoms with van der Waals surface area (Å²) in [5.41, 5.74) is 2.03. The van der Waals surface area contributed by atoms with Crippen molar-refractivity contribution in [3.8, 4) is 0 Å². The molecule has 0 saturated carbocycles. The van der Waals surface area contributed by atoms with E-state index in [0.717, 1.165) is 28.9 Å². The third kappa shape index (κ3) is 2.77. The molecule has 3 heterocycles. The molecule has 0 bridgehead atoms. The SMILES string of the molecule is CC[C@@H](CO)NC(=O)c1nc2c3c4c(sc3nc(C)n2n1)CC[C@@H](C)C4. The molecule has 0 aliphatic heterocycles. The maximum atomic E-state index is 12.5. The summed E-state index contributed by atoms with van der Waals surface area (Å²) in [6, 6.07) is -0.289. The van der Waals surface area contributed by atoms with Gasteiger partial charge in [-0.25, -0.2) is 9.97 Å². The average molecular weight is 373 g/mol. The highest BCUT2D eigenvalue weighted by Crippen LogP contribution is 2.38. The van der Waals surface area contributed by atoms with E-state index in [1.807, 2.05) is 13.8 Å². The standard InChI is InChI=1S/C18H23N5O2S/c1-4-11(8-24)20-17(25)15-21-16-14-12-7-9(2)5-6-13(12)26-18(14)19-10(3)23(16)22-15/h9,11,24H,4-8H2,1-3H3,(H,20,25)/t9-,11+/m1/s1. The first kappa shape index (κ1) is 17.4. The normalized spacial score (nSPS) is 18.2. The molecule has 1 aliphatic rings. The van der Waals surface area contributed by atoms with Crippen molar-refractivity contribution < 1.29 is 9.90 Å². The summed E-state index contributed by atoms with van der Waals surface area (Å²) in [5, 5.41) is 17.5. The van der Waals surface area contributed by atoms with E-state index < -0.39 is 0 Å². The monoisotopic (exact) mass is 373 g/mol. The lowest BCUT2D eigenvalue weighted by molar-refractivity contribution is 0.0904. The van der Waals surface area contributed by atoms with Gasteiger partial charge < -0.3 is 10.4 Å². The van der Waals surface area contributed by atoms with Crippen LogP contribution in [0.4, 0.5) is 0 Å². The van der Waals surface area contributed by atoms with E-state index in [0.29, 0.717) is 18.0 Å². The van der Waals surface area contributed by atoms with Gasteiger partial charge in [-0.1, -0.05) is 13.8 Å². The van der Waals surface area contributed by atoms with Crippen LogP contribution in [-0.4, -0.2) is 43.2 Å². The third-order valence-corrected chi connectivity index (χ3v) is 6.33. The van der Waals surface area contributed by atoms with Crippen LogP contribution < -0.4 is 5.32 Å². The molecule has 0 aromatic carbocycles. The van der Waals surface area contributed by atoms with E-state index in [9.17, 15) is 9.90 Å². The number of nitrogens with zero attached hydrogens (tertiary/aromatic N) is 4. The summed E-state index contributed by atoms with van der Waals surface area (Å²) in [5.74, 6) is 1.12. The zero-order chi connectivity index (χ0) is 18.4. The van der Waals surface area contributed by atoms with Gasteiger partial charge in [0, 0.05) is 4.88 Å². The van der Waals surface area contributed by atoms with Crippen molar-refractivity contribution in [2.24, 2.45) is 5.92 Å². The highest BCUT2D eigenvalue weighted by Gasteiger charge is 2.25. The fraction of sp³-hybridized carbons (Fsp3) is 0.556. The van der Waals surface area contributed by atoms with Gasteiger partial charge in [0.2, 0.25) is 5.82 Å². The molecule has 7 nitrogen and oxygen atoms in total. The molecule has 0 unspecified atom stereocenters. The van der Waals surface area contributed by atoms with Gasteiger partial charge in [0.25, 0.3) is 5.91 Å². The Morgan fingerprint density at radius 3 is 3.00 bits per heavy atom. The Labute approximate surface area is 155 Å². The quantitative estimate of drug-likeness (QED) is 0.732. The molecule has 8 heteroatoms. The molecule has 2 atom stereocenters. The molecule has 26 heavy (non-hydrogen) atoms. The van der Waals surface area contributed by atoms with Crippen LogP contribution in [0.5, 0.6) is 0 Å². The van der Waals surface area contributed by atoms with Crippen molar-refractivity contribution in [1.29, 1.82) is 0 Å². The van der Waals surface area contributed by atoms with Crippen LogP contribution >= 0.6 is 11.3 Å². The predicted molar refractivity (Wildman–Crippen MR) is 101 cm³/mol. The fourth-order valence-electron chi connectivity index (χ4n) is 3.57. The second-order valence-electron chi connectivity index (χ2n) is 7.12. The van der Waals surface area contributed by atoms with Crippen molar-refractivity contribution in [2.75, 3.05) is 6.61 Å². The average Bonchev–Trinajstić information content (AvgIpc) is 3.20. The largest absolute Gasteiger partial charge is 0.394 e. The topological polar surface area (TPSA) is 92.4 Å².